The molecule has 2 unspecified atom stereocenters. The Morgan fingerprint density at radius 1 is 1.31 bits per heavy atom. The van der Waals surface area contributed by atoms with Crippen molar-refractivity contribution in [2.75, 3.05) is 4.90 Å². The number of amides is 1. The summed E-state index contributed by atoms with van der Waals surface area (Å²) in [5.74, 6) is 0.212. The minimum absolute atomic E-state index is 0.0605. The first-order valence-electron chi connectivity index (χ1n) is 12.5. The van der Waals surface area contributed by atoms with E-state index in [4.69, 9.17) is 6.42 Å². The maximum absolute atomic E-state index is 14.1. The zero-order valence-electron chi connectivity index (χ0n) is 22.7. The highest BCUT2D eigenvalue weighted by Crippen LogP contribution is 2.34. The lowest BCUT2D eigenvalue weighted by molar-refractivity contribution is -0.0196. The van der Waals surface area contributed by atoms with Crippen LogP contribution < -0.4 is 15.5 Å². The summed E-state index contributed by atoms with van der Waals surface area (Å²) in [7, 11) is 0. The van der Waals surface area contributed by atoms with Crippen LogP contribution in [-0.4, -0.2) is 34.6 Å². The van der Waals surface area contributed by atoms with Crippen LogP contribution in [0.2, 0.25) is 0 Å². The quantitative estimate of drug-likeness (QED) is 0.230. The van der Waals surface area contributed by atoms with Crippen LogP contribution in [0.3, 0.4) is 0 Å². The Kier molecular flexibility index (Phi) is 11.8. The van der Waals surface area contributed by atoms with Gasteiger partial charge < -0.3 is 15.5 Å². The van der Waals surface area contributed by atoms with Gasteiger partial charge in [0, 0.05) is 12.5 Å². The van der Waals surface area contributed by atoms with Gasteiger partial charge in [0.05, 0.1) is 12.3 Å². The number of aliphatic imine (C=N–C) groups is 1. The minimum Gasteiger partial charge on any atom is -0.342 e. The lowest BCUT2D eigenvalue weighted by atomic mass is 9.90. The number of halogens is 2. The van der Waals surface area contributed by atoms with E-state index in [1.807, 2.05) is 18.7 Å². The van der Waals surface area contributed by atoms with Crippen LogP contribution in [0.15, 0.2) is 41.4 Å². The number of aryl methyl sites for hydroxylation is 1. The van der Waals surface area contributed by atoms with Crippen molar-refractivity contribution in [1.82, 2.24) is 15.6 Å². The van der Waals surface area contributed by atoms with Gasteiger partial charge in [0.15, 0.2) is 0 Å². The molecule has 1 amide bonds. The number of hydrogen-bond acceptors (Lipinski definition) is 5. The van der Waals surface area contributed by atoms with Crippen LogP contribution in [-0.2, 0) is 0 Å². The zero-order valence-corrected chi connectivity index (χ0v) is 22.7. The first-order valence-corrected chi connectivity index (χ1v) is 12.5. The van der Waals surface area contributed by atoms with Crippen molar-refractivity contribution >= 4 is 17.9 Å². The summed E-state index contributed by atoms with van der Waals surface area (Å²) >= 11 is 0. The molecule has 1 rings (SSSR count). The highest BCUT2D eigenvalue weighted by atomic mass is 19.3. The molecule has 36 heavy (non-hydrogen) atoms. The molecule has 0 aliphatic carbocycles. The molecule has 0 saturated heterocycles. The Labute approximate surface area is 215 Å². The van der Waals surface area contributed by atoms with E-state index in [0.29, 0.717) is 23.9 Å². The number of aromatic nitrogens is 1. The molecule has 0 aliphatic rings. The van der Waals surface area contributed by atoms with Crippen molar-refractivity contribution in [3.8, 4) is 12.3 Å². The third-order valence-corrected chi connectivity index (χ3v) is 6.19. The van der Waals surface area contributed by atoms with Crippen LogP contribution in [0.5, 0.6) is 0 Å². The molecule has 6 nitrogen and oxygen atoms in total. The van der Waals surface area contributed by atoms with Gasteiger partial charge in [0.25, 0.3) is 11.8 Å². The molecular weight excluding hydrogens is 460 g/mol. The van der Waals surface area contributed by atoms with Gasteiger partial charge in [-0.15, -0.1) is 6.42 Å². The topological polar surface area (TPSA) is 69.6 Å². The number of terminal acetylenes is 1. The molecule has 0 aliphatic heterocycles. The van der Waals surface area contributed by atoms with Gasteiger partial charge in [-0.2, -0.15) is 0 Å². The largest absolute Gasteiger partial charge is 0.342 e. The summed E-state index contributed by atoms with van der Waals surface area (Å²) in [5, 5.41) is 5.68. The number of pyridine rings is 1. The first-order chi connectivity index (χ1) is 16.9. The van der Waals surface area contributed by atoms with Gasteiger partial charge in [-0.25, -0.2) is 18.8 Å². The number of hydrogen-bond donors (Lipinski definition) is 2. The third kappa shape index (κ3) is 8.18. The fraction of sp³-hybridized carbons (Fsp3) is 0.536. The average molecular weight is 502 g/mol. The molecule has 198 valence electrons. The van der Waals surface area contributed by atoms with Crippen LogP contribution in [0, 0.1) is 19.3 Å². The van der Waals surface area contributed by atoms with E-state index in [1.54, 1.807) is 25.1 Å². The Bertz CT molecular complexity index is 1010. The van der Waals surface area contributed by atoms with Crippen molar-refractivity contribution in [1.29, 1.82) is 0 Å². The van der Waals surface area contributed by atoms with E-state index in [2.05, 4.69) is 53.9 Å². The van der Waals surface area contributed by atoms with E-state index in [1.165, 1.54) is 6.21 Å². The molecule has 1 aromatic heterocycles. The fourth-order valence-corrected chi connectivity index (χ4v) is 4.03. The zero-order chi connectivity index (χ0) is 27.5. The molecule has 0 radical (unpaired) electrons. The van der Waals surface area contributed by atoms with Crippen molar-refractivity contribution in [2.24, 2.45) is 4.99 Å². The van der Waals surface area contributed by atoms with Gasteiger partial charge >= 0.3 is 0 Å². The SMILES string of the molecule is C#CC=N/C(=C\C)NC(=C)N(c1nc(C(=O)NC(CCC)C(C)(F)F)ccc1C)C(C)(CC)CCC. The van der Waals surface area contributed by atoms with Crippen molar-refractivity contribution in [2.45, 2.75) is 98.1 Å². The summed E-state index contributed by atoms with van der Waals surface area (Å²) in [5.41, 5.74) is 0.470. The van der Waals surface area contributed by atoms with E-state index < -0.39 is 23.4 Å². The van der Waals surface area contributed by atoms with Gasteiger partial charge in [0.1, 0.15) is 23.2 Å². The summed E-state index contributed by atoms with van der Waals surface area (Å²) < 4.78 is 28.1. The lowest BCUT2D eigenvalue weighted by Gasteiger charge is -2.43. The van der Waals surface area contributed by atoms with Gasteiger partial charge in [-0.05, 0) is 57.7 Å². The van der Waals surface area contributed by atoms with Gasteiger partial charge in [0.2, 0.25) is 0 Å². The summed E-state index contributed by atoms with van der Waals surface area (Å²) in [6, 6.07) is 2.05. The molecule has 2 N–H and O–H groups in total. The van der Waals surface area contributed by atoms with Gasteiger partial charge in [-0.3, -0.25) is 4.79 Å². The second-order valence-corrected chi connectivity index (χ2v) is 9.21. The van der Waals surface area contributed by atoms with Crippen molar-refractivity contribution in [3.63, 3.8) is 0 Å². The maximum atomic E-state index is 14.1. The molecule has 2 atom stereocenters. The molecule has 0 spiro atoms. The smallest absolute Gasteiger partial charge is 0.270 e. The number of anilines is 1. The van der Waals surface area contributed by atoms with E-state index in [9.17, 15) is 13.6 Å². The Morgan fingerprint density at radius 2 is 1.97 bits per heavy atom. The number of rotatable bonds is 14. The Hall–Kier alpha value is -3.21. The van der Waals surface area contributed by atoms with Crippen LogP contribution in [0.4, 0.5) is 14.6 Å². The number of allylic oxidation sites excluding steroid dienone is 1. The Morgan fingerprint density at radius 3 is 2.47 bits per heavy atom. The standard InChI is InChI=1S/C28H41F2N5O/c1-10-15-23(28(9,29)30)34-26(36)22-17-16-20(6)25(33-22)35(27(8,14-5)18-11-2)21(7)32-24(13-4)31-19-12-3/h3,13,16-17,19,23,32H,7,10-11,14-15,18H2,1-2,4-6,8-9H3,(H,34,36)/b24-13+,31-19?. The maximum Gasteiger partial charge on any atom is 0.270 e. The number of carbonyl (C=O) groups is 1. The summed E-state index contributed by atoms with van der Waals surface area (Å²) in [6.07, 6.45) is 11.6. The van der Waals surface area contributed by atoms with Crippen molar-refractivity contribution < 1.29 is 13.6 Å². The summed E-state index contributed by atoms with van der Waals surface area (Å²) in [6.45, 7) is 16.9. The Balaban J connectivity index is 3.55. The van der Waals surface area contributed by atoms with Crippen LogP contribution in [0.25, 0.3) is 0 Å². The van der Waals surface area contributed by atoms with Crippen molar-refractivity contribution in [3.05, 3.63) is 47.7 Å². The predicted octanol–water partition coefficient (Wildman–Crippen LogP) is 6.35. The van der Waals surface area contributed by atoms with E-state index in [0.717, 1.165) is 31.7 Å². The molecule has 1 heterocycles. The summed E-state index contributed by atoms with van der Waals surface area (Å²) in [4.78, 5) is 23.9. The fourth-order valence-electron chi connectivity index (χ4n) is 4.03. The van der Waals surface area contributed by atoms with Gasteiger partial charge in [-0.1, -0.05) is 52.2 Å². The van der Waals surface area contributed by atoms with Crippen LogP contribution >= 0.6 is 0 Å². The number of carbonyl (C=O) groups excluding carboxylic acids is 1. The number of nitrogens with zero attached hydrogens (tertiary/aromatic N) is 3. The molecule has 1 aromatic rings. The molecule has 0 fully saturated rings. The molecule has 0 aromatic carbocycles. The molecule has 0 saturated carbocycles. The monoisotopic (exact) mass is 501 g/mol. The van der Waals surface area contributed by atoms with Crippen LogP contribution in [0.1, 0.15) is 89.7 Å². The highest BCUT2D eigenvalue weighted by Gasteiger charge is 2.36. The predicted molar refractivity (Wildman–Crippen MR) is 145 cm³/mol. The van der Waals surface area contributed by atoms with E-state index in [-0.39, 0.29) is 12.1 Å². The number of nitrogens with one attached hydrogen (secondary N) is 2. The normalized spacial score (nSPS) is 14.6. The lowest BCUT2D eigenvalue weighted by Crippen LogP contribution is -2.49. The average Bonchev–Trinajstić information content (AvgIpc) is 2.82. The minimum atomic E-state index is -3.05. The molecular formula is C28H41F2N5O. The first kappa shape index (κ1) is 30.8. The number of alkyl halides is 2. The second-order valence-electron chi connectivity index (χ2n) is 9.21. The highest BCUT2D eigenvalue weighted by molar-refractivity contribution is 5.93. The van der Waals surface area contributed by atoms with E-state index >= 15 is 0 Å². The molecule has 8 heteroatoms. The second kappa shape index (κ2) is 13.8. The third-order valence-electron chi connectivity index (χ3n) is 6.19. The molecule has 0 bridgehead atoms.